The summed E-state index contributed by atoms with van der Waals surface area (Å²) in [4.78, 5) is 29.0. The third-order valence-corrected chi connectivity index (χ3v) is 9.12. The highest BCUT2D eigenvalue weighted by atomic mass is 35.5. The Morgan fingerprint density at radius 2 is 1.53 bits per heavy atom. The average molecular weight is 669 g/mol. The highest BCUT2D eigenvalue weighted by molar-refractivity contribution is 7.92. The minimum atomic E-state index is -4.24. The van der Waals surface area contributed by atoms with E-state index < -0.39 is 34.1 Å². The molecule has 232 valence electrons. The van der Waals surface area contributed by atoms with Gasteiger partial charge in [0.25, 0.3) is 10.0 Å². The van der Waals surface area contributed by atoms with Crippen LogP contribution < -0.4 is 14.4 Å². The molecule has 0 unspecified atom stereocenters. The molecule has 0 bridgehead atoms. The van der Waals surface area contributed by atoms with Crippen LogP contribution >= 0.6 is 34.8 Å². The van der Waals surface area contributed by atoms with Crippen molar-refractivity contribution in [3.05, 3.63) is 87.4 Å². The summed E-state index contributed by atoms with van der Waals surface area (Å²) in [5, 5.41) is 3.94. The first-order valence-corrected chi connectivity index (χ1v) is 16.3. The molecule has 1 atom stereocenters. The summed E-state index contributed by atoms with van der Waals surface area (Å²) in [6.45, 7) is 9.00. The van der Waals surface area contributed by atoms with Gasteiger partial charge in [0, 0.05) is 17.1 Å². The van der Waals surface area contributed by atoms with Crippen LogP contribution in [0.4, 0.5) is 5.69 Å². The molecule has 8 nitrogen and oxygen atoms in total. The zero-order chi connectivity index (χ0) is 31.9. The lowest BCUT2D eigenvalue weighted by Gasteiger charge is -2.34. The number of carbonyl (C=O) groups excluding carboxylic acids is 2. The molecule has 0 aliphatic carbocycles. The molecular formula is C31H36Cl3N3O5S. The van der Waals surface area contributed by atoms with Gasteiger partial charge in [0.05, 0.1) is 27.2 Å². The Kier molecular flexibility index (Phi) is 11.8. The zero-order valence-electron chi connectivity index (χ0n) is 24.7. The molecule has 3 aromatic carbocycles. The first-order valence-electron chi connectivity index (χ1n) is 13.7. The van der Waals surface area contributed by atoms with Crippen molar-refractivity contribution in [2.45, 2.75) is 64.1 Å². The molecule has 1 N–H and O–H groups in total. The van der Waals surface area contributed by atoms with Crippen molar-refractivity contribution in [2.75, 3.05) is 17.5 Å². The lowest BCUT2D eigenvalue weighted by Crippen LogP contribution is -2.55. The maximum absolute atomic E-state index is 14.2. The Morgan fingerprint density at radius 3 is 2.07 bits per heavy atom. The average Bonchev–Trinajstić information content (AvgIpc) is 2.93. The summed E-state index contributed by atoms with van der Waals surface area (Å²) >= 11 is 18.4. The van der Waals surface area contributed by atoms with E-state index in [4.69, 9.17) is 39.5 Å². The van der Waals surface area contributed by atoms with Crippen molar-refractivity contribution in [1.29, 1.82) is 0 Å². The Morgan fingerprint density at radius 1 is 0.907 bits per heavy atom. The molecule has 3 aromatic rings. The molecule has 43 heavy (non-hydrogen) atoms. The molecule has 2 amide bonds. The number of hydrogen-bond donors (Lipinski definition) is 1. The van der Waals surface area contributed by atoms with Crippen LogP contribution in [0.2, 0.25) is 15.1 Å². The van der Waals surface area contributed by atoms with Gasteiger partial charge in [-0.25, -0.2) is 8.42 Å². The van der Waals surface area contributed by atoms with Gasteiger partial charge < -0.3 is 15.0 Å². The number of halogens is 3. The minimum Gasteiger partial charge on any atom is -0.494 e. The fourth-order valence-corrected chi connectivity index (χ4v) is 6.21. The number of nitrogens with zero attached hydrogens (tertiary/aromatic N) is 2. The molecule has 0 heterocycles. The molecule has 0 aliphatic heterocycles. The number of sulfonamides is 1. The number of carbonyl (C=O) groups is 2. The van der Waals surface area contributed by atoms with Gasteiger partial charge in [-0.05, 0) is 100 Å². The van der Waals surface area contributed by atoms with Crippen molar-refractivity contribution in [3.8, 4) is 5.75 Å². The van der Waals surface area contributed by atoms with Crippen molar-refractivity contribution in [3.63, 3.8) is 0 Å². The molecule has 0 saturated carbocycles. The topological polar surface area (TPSA) is 96.0 Å². The van der Waals surface area contributed by atoms with Crippen molar-refractivity contribution < 1.29 is 22.7 Å². The minimum absolute atomic E-state index is 0.0100. The van der Waals surface area contributed by atoms with Crippen molar-refractivity contribution >= 4 is 62.3 Å². The summed E-state index contributed by atoms with van der Waals surface area (Å²) in [5.74, 6) is -0.405. The fraction of sp³-hybridized carbons (Fsp3) is 0.355. The Bertz CT molecular complexity index is 1530. The van der Waals surface area contributed by atoms with E-state index in [9.17, 15) is 18.0 Å². The van der Waals surface area contributed by atoms with Crippen LogP contribution in [0.1, 0.15) is 46.6 Å². The summed E-state index contributed by atoms with van der Waals surface area (Å²) in [6, 6.07) is 16.1. The maximum atomic E-state index is 14.2. The molecule has 0 fully saturated rings. The van der Waals surface area contributed by atoms with E-state index in [2.05, 4.69) is 5.32 Å². The lowest BCUT2D eigenvalue weighted by molar-refractivity contribution is -0.141. The molecule has 3 rings (SSSR count). The second-order valence-corrected chi connectivity index (χ2v) is 13.9. The van der Waals surface area contributed by atoms with Crippen LogP contribution in [-0.4, -0.2) is 49.9 Å². The normalized spacial score (nSPS) is 12.4. The van der Waals surface area contributed by atoms with Gasteiger partial charge in [0.1, 0.15) is 18.3 Å². The van der Waals surface area contributed by atoms with Crippen LogP contribution in [0.15, 0.2) is 71.6 Å². The summed E-state index contributed by atoms with van der Waals surface area (Å²) < 4.78 is 34.5. The van der Waals surface area contributed by atoms with Crippen LogP contribution in [0.25, 0.3) is 0 Å². The molecule has 12 heteroatoms. The van der Waals surface area contributed by atoms with Crippen LogP contribution in [0.3, 0.4) is 0 Å². The van der Waals surface area contributed by atoms with Gasteiger partial charge >= 0.3 is 0 Å². The zero-order valence-corrected chi connectivity index (χ0v) is 27.8. The number of anilines is 1. The van der Waals surface area contributed by atoms with E-state index >= 15 is 0 Å². The third-order valence-electron chi connectivity index (χ3n) is 6.34. The second-order valence-electron chi connectivity index (χ2n) is 10.8. The number of benzene rings is 3. The van der Waals surface area contributed by atoms with E-state index in [1.54, 1.807) is 49.4 Å². The molecule has 0 radical (unpaired) electrons. The quantitative estimate of drug-likeness (QED) is 0.225. The van der Waals surface area contributed by atoms with Crippen LogP contribution in [-0.2, 0) is 26.2 Å². The number of ether oxygens (including phenoxy) is 1. The van der Waals surface area contributed by atoms with Crippen LogP contribution in [0, 0.1) is 0 Å². The first kappa shape index (κ1) is 34.5. The molecule has 0 spiro atoms. The largest absolute Gasteiger partial charge is 0.494 e. The molecule has 0 saturated heterocycles. The van der Waals surface area contributed by atoms with Gasteiger partial charge in [0.15, 0.2) is 0 Å². The Hall–Kier alpha value is -2.98. The third kappa shape index (κ3) is 9.25. The van der Waals surface area contributed by atoms with Gasteiger partial charge in [0.2, 0.25) is 11.8 Å². The van der Waals surface area contributed by atoms with E-state index in [1.165, 1.54) is 29.2 Å². The molecule has 0 aromatic heterocycles. The smallest absolute Gasteiger partial charge is 0.264 e. The predicted octanol–water partition coefficient (Wildman–Crippen LogP) is 6.96. The number of rotatable bonds is 12. The van der Waals surface area contributed by atoms with E-state index in [0.717, 1.165) is 4.31 Å². The SMILES string of the molecule is CCOc1ccc(N(CC(=O)N(Cc2ccc(Cl)c(Cl)c2)[C@@H](CC)C(=O)NC(C)(C)C)S(=O)(=O)c2ccc(Cl)cc2)cc1. The molecule has 0 aliphatic rings. The van der Waals surface area contributed by atoms with Crippen LogP contribution in [0.5, 0.6) is 5.75 Å². The number of hydrogen-bond acceptors (Lipinski definition) is 5. The highest BCUT2D eigenvalue weighted by Crippen LogP contribution is 2.28. The summed E-state index contributed by atoms with van der Waals surface area (Å²) in [5.41, 5.74) is 0.307. The van der Waals surface area contributed by atoms with Crippen molar-refractivity contribution in [1.82, 2.24) is 10.2 Å². The Balaban J connectivity index is 2.09. The summed E-state index contributed by atoms with van der Waals surface area (Å²) in [6.07, 6.45) is 0.280. The van der Waals surface area contributed by atoms with Gasteiger partial charge in [-0.15, -0.1) is 0 Å². The van der Waals surface area contributed by atoms with Gasteiger partial charge in [-0.3, -0.25) is 13.9 Å². The fourth-order valence-electron chi connectivity index (χ4n) is 4.34. The number of nitrogens with one attached hydrogen (secondary N) is 1. The predicted molar refractivity (Wildman–Crippen MR) is 173 cm³/mol. The lowest BCUT2D eigenvalue weighted by atomic mass is 10.1. The Labute approximate surface area is 268 Å². The standard InChI is InChI=1S/C31H36Cl3N3O5S/c1-6-28(30(39)35-31(3,4)5)36(19-21-8-17-26(33)27(34)18-21)29(38)20-37(23-11-13-24(14-12-23)42-7-2)43(40,41)25-15-9-22(32)10-16-25/h8-18,28H,6-7,19-20H2,1-5H3,(H,35,39)/t28-/m0/s1. The second kappa shape index (κ2) is 14.7. The van der Waals surface area contributed by atoms with Gasteiger partial charge in [-0.2, -0.15) is 0 Å². The highest BCUT2D eigenvalue weighted by Gasteiger charge is 2.34. The monoisotopic (exact) mass is 667 g/mol. The van der Waals surface area contributed by atoms with Gasteiger partial charge in [-0.1, -0.05) is 47.8 Å². The van der Waals surface area contributed by atoms with E-state index in [-0.39, 0.29) is 29.5 Å². The van der Waals surface area contributed by atoms with E-state index in [1.807, 2.05) is 27.7 Å². The van der Waals surface area contributed by atoms with Crippen molar-refractivity contribution in [2.24, 2.45) is 0 Å². The molecular weight excluding hydrogens is 633 g/mol. The van der Waals surface area contributed by atoms with E-state index in [0.29, 0.717) is 33.0 Å². The summed E-state index contributed by atoms with van der Waals surface area (Å²) in [7, 11) is -4.24. The maximum Gasteiger partial charge on any atom is 0.264 e. The number of amides is 2. The first-order chi connectivity index (χ1) is 20.2.